The second kappa shape index (κ2) is 6.92. The number of nitrogens with one attached hydrogen (secondary N) is 1. The molecule has 1 aromatic carbocycles. The van der Waals surface area contributed by atoms with E-state index in [1.807, 2.05) is 6.07 Å². The summed E-state index contributed by atoms with van der Waals surface area (Å²) in [4.78, 5) is 22.2. The van der Waals surface area contributed by atoms with Gasteiger partial charge in [0.25, 0.3) is 5.91 Å². The fraction of sp³-hybridized carbons (Fsp3) is 0.143. The molecule has 2 N–H and O–H groups in total. The number of amides is 1. The SMILES string of the molecule is C=CCC(NC(=O)C#Cc1ccccc1)C(=O)O. The zero-order valence-electron chi connectivity index (χ0n) is 9.72. The molecule has 4 heteroatoms. The molecule has 0 spiro atoms. The minimum absolute atomic E-state index is 0.161. The quantitative estimate of drug-likeness (QED) is 0.616. The molecule has 1 atom stereocenters. The summed E-state index contributed by atoms with van der Waals surface area (Å²) < 4.78 is 0. The van der Waals surface area contributed by atoms with Crippen LogP contribution in [0.2, 0.25) is 0 Å². The Bertz CT molecular complexity index is 497. The van der Waals surface area contributed by atoms with Gasteiger partial charge in [-0.3, -0.25) is 4.79 Å². The Morgan fingerprint density at radius 2 is 2.06 bits per heavy atom. The van der Waals surface area contributed by atoms with Crippen LogP contribution in [0.4, 0.5) is 0 Å². The van der Waals surface area contributed by atoms with Crippen molar-refractivity contribution in [2.24, 2.45) is 0 Å². The van der Waals surface area contributed by atoms with Crippen LogP contribution in [0.5, 0.6) is 0 Å². The summed E-state index contributed by atoms with van der Waals surface area (Å²) in [7, 11) is 0. The predicted octanol–water partition coefficient (Wildman–Crippen LogP) is 1.18. The van der Waals surface area contributed by atoms with E-state index in [1.54, 1.807) is 24.3 Å². The minimum atomic E-state index is -1.11. The van der Waals surface area contributed by atoms with Gasteiger partial charge in [0.15, 0.2) is 0 Å². The molecule has 0 bridgehead atoms. The van der Waals surface area contributed by atoms with Crippen LogP contribution in [-0.2, 0) is 9.59 Å². The Morgan fingerprint density at radius 3 is 2.61 bits per heavy atom. The Kier molecular flexibility index (Phi) is 5.20. The van der Waals surface area contributed by atoms with Crippen molar-refractivity contribution in [2.45, 2.75) is 12.5 Å². The molecule has 18 heavy (non-hydrogen) atoms. The monoisotopic (exact) mass is 243 g/mol. The first kappa shape index (κ1) is 13.5. The number of carboxylic acids is 1. The van der Waals surface area contributed by atoms with Crippen LogP contribution in [-0.4, -0.2) is 23.0 Å². The first-order valence-electron chi connectivity index (χ1n) is 5.34. The van der Waals surface area contributed by atoms with E-state index in [2.05, 4.69) is 23.7 Å². The lowest BCUT2D eigenvalue weighted by atomic mass is 10.2. The second-order valence-electron chi connectivity index (χ2n) is 3.50. The molecule has 1 unspecified atom stereocenters. The highest BCUT2D eigenvalue weighted by Crippen LogP contribution is 1.95. The van der Waals surface area contributed by atoms with Crippen molar-refractivity contribution in [3.05, 3.63) is 48.6 Å². The number of carbonyl (C=O) groups is 2. The van der Waals surface area contributed by atoms with Gasteiger partial charge < -0.3 is 10.4 Å². The first-order chi connectivity index (χ1) is 8.63. The lowest BCUT2D eigenvalue weighted by molar-refractivity contribution is -0.141. The van der Waals surface area contributed by atoms with E-state index in [1.165, 1.54) is 6.08 Å². The van der Waals surface area contributed by atoms with Crippen molar-refractivity contribution in [1.82, 2.24) is 5.32 Å². The maximum absolute atomic E-state index is 11.4. The summed E-state index contributed by atoms with van der Waals surface area (Å²) in [6.45, 7) is 3.43. The molecule has 4 nitrogen and oxygen atoms in total. The number of carboxylic acid groups (broad SMARTS) is 1. The molecular weight excluding hydrogens is 230 g/mol. The average molecular weight is 243 g/mol. The zero-order chi connectivity index (χ0) is 13.4. The van der Waals surface area contributed by atoms with Crippen LogP contribution >= 0.6 is 0 Å². The molecule has 1 amide bonds. The molecule has 1 aromatic rings. The fourth-order valence-corrected chi connectivity index (χ4v) is 1.23. The summed E-state index contributed by atoms with van der Waals surface area (Å²) in [5.74, 6) is 3.27. The Morgan fingerprint density at radius 1 is 1.39 bits per heavy atom. The fourth-order valence-electron chi connectivity index (χ4n) is 1.23. The van der Waals surface area contributed by atoms with Gasteiger partial charge in [0, 0.05) is 11.5 Å². The van der Waals surface area contributed by atoms with Gasteiger partial charge in [0.1, 0.15) is 6.04 Å². The number of benzene rings is 1. The Labute approximate surface area is 105 Å². The second-order valence-corrected chi connectivity index (χ2v) is 3.50. The molecule has 92 valence electrons. The highest BCUT2D eigenvalue weighted by atomic mass is 16.4. The van der Waals surface area contributed by atoms with Crippen LogP contribution in [0, 0.1) is 11.8 Å². The van der Waals surface area contributed by atoms with Crippen molar-refractivity contribution in [3.8, 4) is 11.8 Å². The minimum Gasteiger partial charge on any atom is -0.480 e. The van der Waals surface area contributed by atoms with E-state index in [0.29, 0.717) is 5.56 Å². The summed E-state index contributed by atoms with van der Waals surface area (Å²) in [5.41, 5.74) is 0.697. The van der Waals surface area contributed by atoms with Gasteiger partial charge in [-0.05, 0) is 18.6 Å². The molecule has 0 heterocycles. The van der Waals surface area contributed by atoms with E-state index in [9.17, 15) is 9.59 Å². The maximum atomic E-state index is 11.4. The molecule has 0 saturated heterocycles. The van der Waals surface area contributed by atoms with Crippen molar-refractivity contribution < 1.29 is 14.7 Å². The van der Waals surface area contributed by atoms with Gasteiger partial charge >= 0.3 is 5.97 Å². The third-order valence-electron chi connectivity index (χ3n) is 2.10. The van der Waals surface area contributed by atoms with Gasteiger partial charge in [-0.15, -0.1) is 6.58 Å². The van der Waals surface area contributed by atoms with E-state index in [4.69, 9.17) is 5.11 Å². The van der Waals surface area contributed by atoms with Crippen LogP contribution in [0.3, 0.4) is 0 Å². The zero-order valence-corrected chi connectivity index (χ0v) is 9.72. The molecule has 0 aliphatic rings. The van der Waals surface area contributed by atoms with Gasteiger partial charge in [-0.25, -0.2) is 4.79 Å². The van der Waals surface area contributed by atoms with Crippen LogP contribution in [0.1, 0.15) is 12.0 Å². The number of hydrogen-bond acceptors (Lipinski definition) is 2. The molecule has 0 aliphatic carbocycles. The van der Waals surface area contributed by atoms with E-state index in [-0.39, 0.29) is 6.42 Å². The standard InChI is InChI=1S/C14H13NO3/c1-2-6-12(14(17)18)15-13(16)10-9-11-7-4-3-5-8-11/h2-5,7-8,12H,1,6H2,(H,15,16)(H,17,18). The van der Waals surface area contributed by atoms with E-state index in [0.717, 1.165) is 0 Å². The van der Waals surface area contributed by atoms with E-state index >= 15 is 0 Å². The number of hydrogen-bond donors (Lipinski definition) is 2. The third-order valence-corrected chi connectivity index (χ3v) is 2.10. The van der Waals surface area contributed by atoms with Crippen molar-refractivity contribution in [3.63, 3.8) is 0 Å². The summed E-state index contributed by atoms with van der Waals surface area (Å²) in [6, 6.07) is 7.99. The third kappa shape index (κ3) is 4.54. The van der Waals surface area contributed by atoms with Gasteiger partial charge in [-0.1, -0.05) is 30.2 Å². The highest BCUT2D eigenvalue weighted by Gasteiger charge is 2.16. The van der Waals surface area contributed by atoms with Gasteiger partial charge in [0.2, 0.25) is 0 Å². The molecule has 0 radical (unpaired) electrons. The molecule has 1 rings (SSSR count). The molecule has 0 fully saturated rings. The predicted molar refractivity (Wildman–Crippen MR) is 67.7 cm³/mol. The number of carbonyl (C=O) groups excluding carboxylic acids is 1. The molecular formula is C14H13NO3. The topological polar surface area (TPSA) is 66.4 Å². The van der Waals surface area contributed by atoms with Crippen molar-refractivity contribution in [2.75, 3.05) is 0 Å². The lowest BCUT2D eigenvalue weighted by Gasteiger charge is -2.09. The van der Waals surface area contributed by atoms with Crippen LogP contribution in [0.15, 0.2) is 43.0 Å². The van der Waals surface area contributed by atoms with Crippen molar-refractivity contribution >= 4 is 11.9 Å². The van der Waals surface area contributed by atoms with Crippen molar-refractivity contribution in [1.29, 1.82) is 0 Å². The van der Waals surface area contributed by atoms with E-state index < -0.39 is 17.9 Å². The van der Waals surface area contributed by atoms with Gasteiger partial charge in [-0.2, -0.15) is 0 Å². The smallest absolute Gasteiger partial charge is 0.326 e. The summed E-state index contributed by atoms with van der Waals surface area (Å²) in [5, 5.41) is 11.1. The van der Waals surface area contributed by atoms with Crippen LogP contribution in [0.25, 0.3) is 0 Å². The normalized spacial score (nSPS) is 10.7. The summed E-state index contributed by atoms with van der Waals surface area (Å²) in [6.07, 6.45) is 1.60. The molecule has 0 aliphatic heterocycles. The Hall–Kier alpha value is -2.54. The highest BCUT2D eigenvalue weighted by molar-refractivity contribution is 5.96. The average Bonchev–Trinajstić information content (AvgIpc) is 2.37. The Balaban J connectivity index is 2.64. The number of rotatable bonds is 4. The lowest BCUT2D eigenvalue weighted by Crippen LogP contribution is -2.39. The molecule has 0 saturated carbocycles. The first-order valence-corrected chi connectivity index (χ1v) is 5.34. The largest absolute Gasteiger partial charge is 0.480 e. The maximum Gasteiger partial charge on any atom is 0.326 e. The molecule has 0 aromatic heterocycles. The summed E-state index contributed by atoms with van der Waals surface area (Å²) >= 11 is 0. The van der Waals surface area contributed by atoms with Crippen LogP contribution < -0.4 is 5.32 Å². The van der Waals surface area contributed by atoms with Gasteiger partial charge in [0.05, 0.1) is 0 Å². The number of aliphatic carboxylic acids is 1.